The second kappa shape index (κ2) is 4.37. The lowest BCUT2D eigenvalue weighted by Crippen LogP contribution is -2.34. The molecule has 1 saturated heterocycles. The van der Waals surface area contributed by atoms with E-state index >= 15 is 0 Å². The Bertz CT molecular complexity index is 378. The van der Waals surface area contributed by atoms with Crippen LogP contribution in [0.4, 0.5) is 0 Å². The third-order valence-corrected chi connectivity index (χ3v) is 3.34. The zero-order valence-electron chi connectivity index (χ0n) is 9.90. The topological polar surface area (TPSA) is 44.1 Å². The van der Waals surface area contributed by atoms with Crippen molar-refractivity contribution >= 4 is 5.78 Å². The summed E-state index contributed by atoms with van der Waals surface area (Å²) in [5, 5.41) is 4.08. The molecule has 1 aliphatic heterocycles. The lowest BCUT2D eigenvalue weighted by Gasteiger charge is -2.21. The lowest BCUT2D eigenvalue weighted by atomic mass is 9.93. The van der Waals surface area contributed by atoms with E-state index in [0.29, 0.717) is 13.0 Å². The second-order valence-electron chi connectivity index (χ2n) is 4.55. The van der Waals surface area contributed by atoms with Crippen LogP contribution in [-0.2, 0) is 23.0 Å². The van der Waals surface area contributed by atoms with Crippen molar-refractivity contribution < 1.29 is 9.53 Å². The van der Waals surface area contributed by atoms with Gasteiger partial charge in [-0.1, -0.05) is 0 Å². The van der Waals surface area contributed by atoms with E-state index in [9.17, 15) is 4.79 Å². The maximum Gasteiger partial charge on any atom is 0.164 e. The normalized spacial score (nSPS) is 24.9. The quantitative estimate of drug-likeness (QED) is 0.775. The Labute approximate surface area is 95.6 Å². The molecule has 1 aromatic rings. The Morgan fingerprint density at radius 3 is 3.06 bits per heavy atom. The van der Waals surface area contributed by atoms with Gasteiger partial charge in [0.2, 0.25) is 0 Å². The van der Waals surface area contributed by atoms with Gasteiger partial charge in [-0.25, -0.2) is 0 Å². The Balaban J connectivity index is 1.91. The first-order valence-electron chi connectivity index (χ1n) is 5.76. The smallest absolute Gasteiger partial charge is 0.164 e. The van der Waals surface area contributed by atoms with E-state index in [1.807, 2.05) is 24.7 Å². The van der Waals surface area contributed by atoms with E-state index in [2.05, 4.69) is 5.10 Å². The van der Waals surface area contributed by atoms with Gasteiger partial charge in [0.1, 0.15) is 5.60 Å². The van der Waals surface area contributed by atoms with Gasteiger partial charge in [-0.3, -0.25) is 9.48 Å². The molecule has 88 valence electrons. The van der Waals surface area contributed by atoms with Crippen LogP contribution in [0.2, 0.25) is 0 Å². The highest BCUT2D eigenvalue weighted by atomic mass is 16.5. The van der Waals surface area contributed by atoms with Crippen LogP contribution in [-0.4, -0.2) is 27.8 Å². The minimum Gasteiger partial charge on any atom is -0.368 e. The van der Waals surface area contributed by atoms with Crippen molar-refractivity contribution in [1.29, 1.82) is 0 Å². The van der Waals surface area contributed by atoms with Gasteiger partial charge in [-0.05, 0) is 32.3 Å². The van der Waals surface area contributed by atoms with Crippen LogP contribution < -0.4 is 0 Å². The highest BCUT2D eigenvalue weighted by Crippen LogP contribution is 2.27. The summed E-state index contributed by atoms with van der Waals surface area (Å²) in [6.45, 7) is 2.62. The van der Waals surface area contributed by atoms with Crippen LogP contribution in [0, 0.1) is 0 Å². The number of aromatic nitrogens is 2. The fourth-order valence-electron chi connectivity index (χ4n) is 2.15. The molecule has 0 aromatic carbocycles. The monoisotopic (exact) mass is 222 g/mol. The molecule has 0 radical (unpaired) electrons. The second-order valence-corrected chi connectivity index (χ2v) is 4.55. The minimum absolute atomic E-state index is 0.214. The number of aryl methyl sites for hydroxylation is 2. The number of carbonyl (C=O) groups excluding carboxylic acids is 1. The SMILES string of the molecule is Cn1nccc1CCC(=O)C1(C)CCCO1. The van der Waals surface area contributed by atoms with E-state index in [4.69, 9.17) is 4.74 Å². The Hall–Kier alpha value is -1.16. The largest absolute Gasteiger partial charge is 0.368 e. The summed E-state index contributed by atoms with van der Waals surface area (Å²) >= 11 is 0. The lowest BCUT2D eigenvalue weighted by molar-refractivity contribution is -0.137. The summed E-state index contributed by atoms with van der Waals surface area (Å²) in [6.07, 6.45) is 4.89. The van der Waals surface area contributed by atoms with E-state index in [1.165, 1.54) is 0 Å². The maximum atomic E-state index is 12.0. The van der Waals surface area contributed by atoms with Crippen molar-refractivity contribution in [1.82, 2.24) is 9.78 Å². The van der Waals surface area contributed by atoms with Crippen LogP contribution in [0.1, 0.15) is 31.9 Å². The first kappa shape index (κ1) is 11.3. The summed E-state index contributed by atoms with van der Waals surface area (Å²) in [7, 11) is 1.90. The summed E-state index contributed by atoms with van der Waals surface area (Å²) in [5.41, 5.74) is 0.563. The van der Waals surface area contributed by atoms with Gasteiger partial charge in [-0.2, -0.15) is 5.10 Å². The van der Waals surface area contributed by atoms with E-state index in [-0.39, 0.29) is 5.78 Å². The summed E-state index contributed by atoms with van der Waals surface area (Å²) in [5.74, 6) is 0.214. The van der Waals surface area contributed by atoms with Gasteiger partial charge in [0.05, 0.1) is 0 Å². The van der Waals surface area contributed by atoms with Crippen LogP contribution >= 0.6 is 0 Å². The predicted octanol–water partition coefficient (Wildman–Crippen LogP) is 1.49. The van der Waals surface area contributed by atoms with Crippen molar-refractivity contribution in [2.75, 3.05) is 6.61 Å². The molecule has 0 amide bonds. The first-order valence-corrected chi connectivity index (χ1v) is 5.76. The predicted molar refractivity (Wildman–Crippen MR) is 60.1 cm³/mol. The van der Waals surface area contributed by atoms with Crippen LogP contribution in [0.5, 0.6) is 0 Å². The molecule has 1 aromatic heterocycles. The molecule has 0 N–H and O–H groups in total. The van der Waals surface area contributed by atoms with Gasteiger partial charge in [-0.15, -0.1) is 0 Å². The molecule has 1 atom stereocenters. The maximum absolute atomic E-state index is 12.0. The molecule has 1 aliphatic rings. The molecule has 16 heavy (non-hydrogen) atoms. The summed E-state index contributed by atoms with van der Waals surface area (Å²) in [4.78, 5) is 12.0. The number of carbonyl (C=O) groups is 1. The van der Waals surface area contributed by atoms with Gasteiger partial charge in [0, 0.05) is 32.0 Å². The molecule has 4 heteroatoms. The standard InChI is InChI=1S/C12H18N2O2/c1-12(7-3-9-16-12)11(15)5-4-10-6-8-13-14(10)2/h6,8H,3-5,7,9H2,1-2H3. The number of nitrogens with zero attached hydrogens (tertiary/aromatic N) is 2. The zero-order chi connectivity index (χ0) is 11.6. The molecule has 0 spiro atoms. The number of ketones is 1. The van der Waals surface area contributed by atoms with Crippen LogP contribution in [0.3, 0.4) is 0 Å². The van der Waals surface area contributed by atoms with Gasteiger partial charge >= 0.3 is 0 Å². The first-order chi connectivity index (χ1) is 7.62. The van der Waals surface area contributed by atoms with Crippen molar-refractivity contribution in [3.8, 4) is 0 Å². The van der Waals surface area contributed by atoms with E-state index in [1.54, 1.807) is 6.20 Å². The Morgan fingerprint density at radius 2 is 2.50 bits per heavy atom. The third-order valence-electron chi connectivity index (χ3n) is 3.34. The molecule has 4 nitrogen and oxygen atoms in total. The summed E-state index contributed by atoms with van der Waals surface area (Å²) in [6, 6.07) is 1.95. The molecule has 2 heterocycles. The molecule has 0 bridgehead atoms. The Kier molecular flexibility index (Phi) is 3.10. The summed E-state index contributed by atoms with van der Waals surface area (Å²) < 4.78 is 7.34. The average Bonchev–Trinajstić information content (AvgIpc) is 2.85. The average molecular weight is 222 g/mol. The van der Waals surface area contributed by atoms with Gasteiger partial charge < -0.3 is 4.74 Å². The minimum atomic E-state index is -0.529. The molecular formula is C12H18N2O2. The van der Waals surface area contributed by atoms with Crippen molar-refractivity contribution in [3.63, 3.8) is 0 Å². The highest BCUT2D eigenvalue weighted by Gasteiger charge is 2.36. The van der Waals surface area contributed by atoms with Crippen LogP contribution in [0.15, 0.2) is 12.3 Å². The number of hydrogen-bond acceptors (Lipinski definition) is 3. The van der Waals surface area contributed by atoms with Crippen molar-refractivity contribution in [2.24, 2.45) is 7.05 Å². The van der Waals surface area contributed by atoms with Gasteiger partial charge in [0.15, 0.2) is 5.78 Å². The molecule has 1 unspecified atom stereocenters. The third kappa shape index (κ3) is 2.16. The molecule has 0 saturated carbocycles. The van der Waals surface area contributed by atoms with Gasteiger partial charge in [0.25, 0.3) is 0 Å². The van der Waals surface area contributed by atoms with E-state index < -0.39 is 5.60 Å². The van der Waals surface area contributed by atoms with Crippen LogP contribution in [0.25, 0.3) is 0 Å². The Morgan fingerprint density at radius 1 is 1.69 bits per heavy atom. The number of hydrogen-bond donors (Lipinski definition) is 0. The zero-order valence-corrected chi connectivity index (χ0v) is 9.90. The number of ether oxygens (including phenoxy) is 1. The molecule has 0 aliphatic carbocycles. The molecule has 1 fully saturated rings. The number of Topliss-reactive ketones (excluding diaryl/α,β-unsaturated/α-hetero) is 1. The number of rotatable bonds is 4. The fraction of sp³-hybridized carbons (Fsp3) is 0.667. The fourth-order valence-corrected chi connectivity index (χ4v) is 2.15. The van der Waals surface area contributed by atoms with Crippen molar-refractivity contribution in [3.05, 3.63) is 18.0 Å². The van der Waals surface area contributed by atoms with Crippen molar-refractivity contribution in [2.45, 2.75) is 38.2 Å². The molecule has 2 rings (SSSR count). The molecular weight excluding hydrogens is 204 g/mol. The highest BCUT2D eigenvalue weighted by molar-refractivity contribution is 5.87. The van der Waals surface area contributed by atoms with E-state index in [0.717, 1.165) is 25.0 Å².